The summed E-state index contributed by atoms with van der Waals surface area (Å²) >= 11 is 5.44. The van der Waals surface area contributed by atoms with E-state index in [9.17, 15) is 0 Å². The summed E-state index contributed by atoms with van der Waals surface area (Å²) in [6.07, 6.45) is 9.95. The third kappa shape index (κ3) is 3.23. The molecule has 2 rings (SSSR count). The number of nitrogens with one attached hydrogen (secondary N) is 1. The monoisotopic (exact) mass is 396 g/mol. The molecule has 3 heteroatoms. The molecule has 1 N–H and O–H groups in total. The fourth-order valence-corrected chi connectivity index (χ4v) is 3.83. The van der Waals surface area contributed by atoms with Crippen LogP contribution in [0.2, 0.25) is 0 Å². The topological polar surface area (TPSA) is 12.0 Å². The molecule has 0 atom stereocenters. The summed E-state index contributed by atoms with van der Waals surface area (Å²) in [7, 11) is 0. The molecular weight excluding hydrogens is 374 g/mol. The van der Waals surface area contributed by atoms with Crippen molar-refractivity contribution in [1.29, 1.82) is 0 Å². The Balaban J connectivity index is 0.00000112. The maximum absolute atomic E-state index is 5.44. The van der Waals surface area contributed by atoms with Gasteiger partial charge in [-0.05, 0) is 50.1 Å². The Morgan fingerprint density at radius 3 is 2.20 bits per heavy atom. The molecule has 0 amide bonds. The number of hydrogen-bond acceptors (Lipinski definition) is 2. The van der Waals surface area contributed by atoms with E-state index in [1.807, 2.05) is 0 Å². The Labute approximate surface area is 114 Å². The van der Waals surface area contributed by atoms with E-state index >= 15 is 0 Å². The molecular formula is C12H22NSW+. The van der Waals surface area contributed by atoms with Gasteiger partial charge in [-0.15, -0.1) is 0 Å². The molecule has 1 saturated heterocycles. The minimum Gasteiger partial charge on any atom is -0.792 e. The quantitative estimate of drug-likeness (QED) is 0.720. The van der Waals surface area contributed by atoms with Crippen LogP contribution in [0.25, 0.3) is 0 Å². The zero-order valence-electron chi connectivity index (χ0n) is 9.46. The standard InChI is InChI=1S/C12H23NS.W/c14-10-12(6-8-13-9-7-12)11-4-2-1-3-5-11;/h11,13-14H,1-10H2;/q;+2/p-1. The van der Waals surface area contributed by atoms with Gasteiger partial charge in [0.15, 0.2) is 0 Å². The van der Waals surface area contributed by atoms with E-state index in [0.29, 0.717) is 5.41 Å². The Kier molecular flexibility index (Phi) is 6.25. The number of piperidine rings is 1. The van der Waals surface area contributed by atoms with Crippen LogP contribution >= 0.6 is 0 Å². The molecule has 86 valence electrons. The van der Waals surface area contributed by atoms with Crippen LogP contribution in [0.5, 0.6) is 0 Å². The van der Waals surface area contributed by atoms with Crippen LogP contribution in [0, 0.1) is 11.3 Å². The SMILES string of the molecule is [S-]CC1(C2CCCCC2)CCNCC1.[W+2]. The van der Waals surface area contributed by atoms with Crippen molar-refractivity contribution in [2.45, 2.75) is 44.9 Å². The molecule has 0 spiro atoms. The van der Waals surface area contributed by atoms with Crippen LogP contribution in [0.3, 0.4) is 0 Å². The van der Waals surface area contributed by atoms with E-state index in [0.717, 1.165) is 11.7 Å². The van der Waals surface area contributed by atoms with Crippen molar-refractivity contribution in [2.24, 2.45) is 11.3 Å². The third-order valence-corrected chi connectivity index (χ3v) is 4.93. The fraction of sp³-hybridized carbons (Fsp3) is 1.00. The molecule has 0 aromatic carbocycles. The van der Waals surface area contributed by atoms with E-state index in [1.54, 1.807) is 0 Å². The summed E-state index contributed by atoms with van der Waals surface area (Å²) in [6.45, 7) is 2.40. The Hall–Kier alpha value is 0.998. The summed E-state index contributed by atoms with van der Waals surface area (Å²) in [5.74, 6) is 1.95. The van der Waals surface area contributed by atoms with E-state index < -0.39 is 0 Å². The van der Waals surface area contributed by atoms with Gasteiger partial charge in [0.05, 0.1) is 0 Å². The molecule has 0 radical (unpaired) electrons. The van der Waals surface area contributed by atoms with Crippen molar-refractivity contribution >= 4 is 12.6 Å². The van der Waals surface area contributed by atoms with Gasteiger partial charge >= 0.3 is 21.1 Å². The van der Waals surface area contributed by atoms with Crippen molar-refractivity contribution < 1.29 is 21.1 Å². The molecule has 0 bridgehead atoms. The molecule has 1 aliphatic heterocycles. The molecule has 0 aromatic heterocycles. The molecule has 1 heterocycles. The zero-order valence-corrected chi connectivity index (χ0v) is 13.2. The molecule has 1 nitrogen and oxygen atoms in total. The van der Waals surface area contributed by atoms with Crippen molar-refractivity contribution in [3.05, 3.63) is 0 Å². The first-order chi connectivity index (χ1) is 6.87. The summed E-state index contributed by atoms with van der Waals surface area (Å²) in [4.78, 5) is 0. The van der Waals surface area contributed by atoms with Gasteiger partial charge in [0.1, 0.15) is 0 Å². The molecule has 15 heavy (non-hydrogen) atoms. The Bertz CT molecular complexity index is 174. The van der Waals surface area contributed by atoms with Gasteiger partial charge in [0, 0.05) is 0 Å². The normalized spacial score (nSPS) is 27.0. The predicted octanol–water partition coefficient (Wildman–Crippen LogP) is 2.48. The molecule has 1 saturated carbocycles. The average molecular weight is 396 g/mol. The first kappa shape index (κ1) is 14.1. The van der Waals surface area contributed by atoms with Gasteiger partial charge in [-0.1, -0.05) is 19.3 Å². The number of hydrogen-bond donors (Lipinski definition) is 1. The van der Waals surface area contributed by atoms with E-state index in [2.05, 4.69) is 5.32 Å². The zero-order chi connectivity index (χ0) is 9.86. The maximum atomic E-state index is 5.44. The molecule has 2 aliphatic rings. The van der Waals surface area contributed by atoms with Crippen molar-refractivity contribution in [1.82, 2.24) is 5.32 Å². The van der Waals surface area contributed by atoms with Crippen LogP contribution in [-0.4, -0.2) is 18.8 Å². The predicted molar refractivity (Wildman–Crippen MR) is 63.3 cm³/mol. The van der Waals surface area contributed by atoms with Gasteiger partial charge in [0.25, 0.3) is 0 Å². The van der Waals surface area contributed by atoms with Crippen molar-refractivity contribution in [3.8, 4) is 0 Å². The molecule has 2 fully saturated rings. The van der Waals surface area contributed by atoms with Crippen LogP contribution in [0.15, 0.2) is 0 Å². The van der Waals surface area contributed by atoms with E-state index in [-0.39, 0.29) is 21.1 Å². The third-order valence-electron chi connectivity index (χ3n) is 4.36. The second-order valence-corrected chi connectivity index (χ2v) is 5.38. The van der Waals surface area contributed by atoms with E-state index in [1.165, 1.54) is 58.0 Å². The second kappa shape index (κ2) is 6.67. The first-order valence-corrected chi connectivity index (χ1v) is 6.74. The van der Waals surface area contributed by atoms with E-state index in [4.69, 9.17) is 12.6 Å². The van der Waals surface area contributed by atoms with Gasteiger partial charge in [-0.25, -0.2) is 0 Å². The minimum absolute atomic E-state index is 0. The van der Waals surface area contributed by atoms with Gasteiger partial charge in [-0.2, -0.15) is 5.75 Å². The summed E-state index contributed by atoms with van der Waals surface area (Å²) in [5, 5.41) is 3.47. The van der Waals surface area contributed by atoms with Crippen LogP contribution in [0.4, 0.5) is 0 Å². The summed E-state index contributed by atoms with van der Waals surface area (Å²) < 4.78 is 0. The number of rotatable bonds is 2. The van der Waals surface area contributed by atoms with Crippen LogP contribution < -0.4 is 5.32 Å². The average Bonchev–Trinajstić information content (AvgIpc) is 2.31. The summed E-state index contributed by atoms with van der Waals surface area (Å²) in [6, 6.07) is 0. The first-order valence-electron chi connectivity index (χ1n) is 6.16. The largest absolute Gasteiger partial charge is 2.00 e. The van der Waals surface area contributed by atoms with Crippen LogP contribution in [-0.2, 0) is 33.7 Å². The Morgan fingerprint density at radius 1 is 1.07 bits per heavy atom. The minimum atomic E-state index is 0. The molecule has 0 unspecified atom stereocenters. The fourth-order valence-electron chi connectivity index (χ4n) is 3.31. The van der Waals surface area contributed by atoms with Crippen molar-refractivity contribution in [3.63, 3.8) is 0 Å². The van der Waals surface area contributed by atoms with Crippen LogP contribution in [0.1, 0.15) is 44.9 Å². The van der Waals surface area contributed by atoms with Gasteiger partial charge in [0.2, 0.25) is 0 Å². The molecule has 0 aromatic rings. The second-order valence-electron chi connectivity index (χ2n) is 5.09. The van der Waals surface area contributed by atoms with Gasteiger partial charge in [-0.3, -0.25) is 0 Å². The molecule has 1 aliphatic carbocycles. The van der Waals surface area contributed by atoms with Crippen molar-refractivity contribution in [2.75, 3.05) is 18.8 Å². The summed E-state index contributed by atoms with van der Waals surface area (Å²) in [5.41, 5.74) is 0.543. The Morgan fingerprint density at radius 2 is 1.67 bits per heavy atom. The maximum Gasteiger partial charge on any atom is 2.00 e. The smallest absolute Gasteiger partial charge is 0.792 e. The van der Waals surface area contributed by atoms with Gasteiger partial charge < -0.3 is 17.9 Å².